The first-order valence-electron chi connectivity index (χ1n) is 5.86. The summed E-state index contributed by atoms with van der Waals surface area (Å²) in [6.45, 7) is 1.47. The third-order valence-corrected chi connectivity index (χ3v) is 2.71. The third-order valence-electron chi connectivity index (χ3n) is 2.71. The van der Waals surface area contributed by atoms with Gasteiger partial charge in [-0.05, 0) is 37.3 Å². The first-order valence-corrected chi connectivity index (χ1v) is 5.86. The van der Waals surface area contributed by atoms with Gasteiger partial charge in [-0.1, -0.05) is 0 Å². The normalized spacial score (nSPS) is 11.8. The predicted octanol–water partition coefficient (Wildman–Crippen LogP) is 3.68. The van der Waals surface area contributed by atoms with Crippen LogP contribution in [0.2, 0.25) is 0 Å². The third kappa shape index (κ3) is 2.92. The lowest BCUT2D eigenvalue weighted by molar-refractivity contribution is 0.195. The van der Waals surface area contributed by atoms with Gasteiger partial charge in [-0.15, -0.1) is 0 Å². The zero-order valence-corrected chi connectivity index (χ0v) is 10.6. The number of rotatable bonds is 3. The molecule has 0 radical (unpaired) electrons. The van der Waals surface area contributed by atoms with Crippen molar-refractivity contribution in [1.29, 1.82) is 5.26 Å². The second-order valence-corrected chi connectivity index (χ2v) is 4.21. The van der Waals surface area contributed by atoms with Gasteiger partial charge in [-0.2, -0.15) is 5.26 Å². The van der Waals surface area contributed by atoms with Gasteiger partial charge in [0, 0.05) is 11.6 Å². The minimum atomic E-state index is -0.927. The van der Waals surface area contributed by atoms with E-state index in [1.165, 1.54) is 31.2 Å². The summed E-state index contributed by atoms with van der Waals surface area (Å²) in [5, 5.41) is 18.2. The fraction of sp³-hybridized carbons (Fsp3) is 0.133. The van der Waals surface area contributed by atoms with E-state index < -0.39 is 17.7 Å². The molecule has 0 aliphatic rings. The van der Waals surface area contributed by atoms with Crippen molar-refractivity contribution in [2.45, 2.75) is 13.0 Å². The van der Waals surface area contributed by atoms with Crippen molar-refractivity contribution in [2.24, 2.45) is 0 Å². The molecule has 3 nitrogen and oxygen atoms in total. The largest absolute Gasteiger partial charge is 0.457 e. The number of halogens is 2. The number of aliphatic hydroxyl groups is 1. The molecule has 1 atom stereocenters. The molecule has 0 fully saturated rings. The molecule has 0 spiro atoms. The maximum Gasteiger partial charge on any atom is 0.144 e. The van der Waals surface area contributed by atoms with Gasteiger partial charge in [0.25, 0.3) is 0 Å². The van der Waals surface area contributed by atoms with Crippen molar-refractivity contribution >= 4 is 0 Å². The first-order chi connectivity index (χ1) is 9.51. The zero-order chi connectivity index (χ0) is 14.7. The fourth-order valence-electron chi connectivity index (χ4n) is 1.72. The van der Waals surface area contributed by atoms with E-state index in [0.717, 1.165) is 12.1 Å². The summed E-state index contributed by atoms with van der Waals surface area (Å²) in [7, 11) is 0. The Morgan fingerprint density at radius 2 is 1.95 bits per heavy atom. The maximum absolute atomic E-state index is 13.5. The molecule has 0 saturated heterocycles. The Bertz CT molecular complexity index is 678. The second kappa shape index (κ2) is 5.68. The number of benzene rings is 2. The van der Waals surface area contributed by atoms with Crippen molar-refractivity contribution < 1.29 is 18.6 Å². The number of hydrogen-bond acceptors (Lipinski definition) is 3. The summed E-state index contributed by atoms with van der Waals surface area (Å²) in [5.41, 5.74) is 0.168. The quantitative estimate of drug-likeness (QED) is 0.929. The van der Waals surface area contributed by atoms with E-state index in [4.69, 9.17) is 10.00 Å². The fourth-order valence-corrected chi connectivity index (χ4v) is 1.72. The van der Waals surface area contributed by atoms with Gasteiger partial charge in [0.2, 0.25) is 0 Å². The molecule has 102 valence electrons. The molecular formula is C15H11F2NO2. The molecule has 0 saturated carbocycles. The topological polar surface area (TPSA) is 53.2 Å². The first kappa shape index (κ1) is 14.0. The minimum Gasteiger partial charge on any atom is -0.457 e. The molecule has 1 unspecified atom stereocenters. The van der Waals surface area contributed by atoms with Gasteiger partial charge in [0.05, 0.1) is 11.7 Å². The monoisotopic (exact) mass is 275 g/mol. The molecular weight excluding hydrogens is 264 g/mol. The second-order valence-electron chi connectivity index (χ2n) is 4.21. The predicted molar refractivity (Wildman–Crippen MR) is 68.2 cm³/mol. The Morgan fingerprint density at radius 1 is 1.20 bits per heavy atom. The van der Waals surface area contributed by atoms with Crippen molar-refractivity contribution in [3.63, 3.8) is 0 Å². The lowest BCUT2D eigenvalue weighted by atomic mass is 10.1. The van der Waals surface area contributed by atoms with Crippen LogP contribution in [0.3, 0.4) is 0 Å². The van der Waals surface area contributed by atoms with E-state index in [0.29, 0.717) is 0 Å². The maximum atomic E-state index is 13.5. The van der Waals surface area contributed by atoms with E-state index in [1.54, 1.807) is 6.07 Å². The van der Waals surface area contributed by atoms with Crippen LogP contribution in [0.4, 0.5) is 8.78 Å². The molecule has 2 rings (SSSR count). The van der Waals surface area contributed by atoms with Crippen LogP contribution in [0.15, 0.2) is 36.4 Å². The summed E-state index contributed by atoms with van der Waals surface area (Å²) in [6.07, 6.45) is -0.927. The van der Waals surface area contributed by atoms with E-state index in [1.807, 2.05) is 0 Å². The van der Waals surface area contributed by atoms with E-state index in [9.17, 15) is 13.9 Å². The highest BCUT2D eigenvalue weighted by molar-refractivity contribution is 5.42. The smallest absolute Gasteiger partial charge is 0.144 e. The number of nitriles is 1. The number of hydrogen-bond donors (Lipinski definition) is 1. The molecule has 0 aliphatic carbocycles. The van der Waals surface area contributed by atoms with Gasteiger partial charge < -0.3 is 9.84 Å². The molecule has 0 heterocycles. The Balaban J connectivity index is 2.35. The molecule has 2 aromatic rings. The molecule has 1 N–H and O–H groups in total. The molecule has 5 heteroatoms. The summed E-state index contributed by atoms with van der Waals surface area (Å²) in [6, 6.07) is 9.17. The van der Waals surface area contributed by atoms with Crippen LogP contribution in [0.1, 0.15) is 24.2 Å². The summed E-state index contributed by atoms with van der Waals surface area (Å²) < 4.78 is 32.0. The van der Waals surface area contributed by atoms with Gasteiger partial charge in [-0.25, -0.2) is 8.78 Å². The van der Waals surface area contributed by atoms with Gasteiger partial charge in [-0.3, -0.25) is 0 Å². The van der Waals surface area contributed by atoms with E-state index in [-0.39, 0.29) is 22.6 Å². The Morgan fingerprint density at radius 3 is 2.55 bits per heavy atom. The lowest BCUT2D eigenvalue weighted by Crippen LogP contribution is -1.97. The number of ether oxygens (including phenoxy) is 1. The van der Waals surface area contributed by atoms with Gasteiger partial charge in [0.1, 0.15) is 29.2 Å². The summed E-state index contributed by atoms with van der Waals surface area (Å²) in [5.74, 6) is -0.814. The van der Waals surface area contributed by atoms with Crippen molar-refractivity contribution in [3.8, 4) is 17.6 Å². The lowest BCUT2D eigenvalue weighted by Gasteiger charge is -2.13. The molecule has 0 amide bonds. The molecule has 0 aliphatic heterocycles. The van der Waals surface area contributed by atoms with Crippen LogP contribution in [-0.2, 0) is 0 Å². The van der Waals surface area contributed by atoms with Crippen LogP contribution in [0.25, 0.3) is 0 Å². The SMILES string of the molecule is CC(O)c1cc(F)ccc1Oc1ccc(C#N)c(F)c1. The molecule has 0 aromatic heterocycles. The number of aliphatic hydroxyl groups excluding tert-OH is 1. The minimum absolute atomic E-state index is 0.0906. The number of nitrogens with zero attached hydrogens (tertiary/aromatic N) is 1. The highest BCUT2D eigenvalue weighted by Gasteiger charge is 2.12. The van der Waals surface area contributed by atoms with Crippen LogP contribution in [-0.4, -0.2) is 5.11 Å². The van der Waals surface area contributed by atoms with Crippen molar-refractivity contribution in [3.05, 3.63) is 59.2 Å². The average Bonchev–Trinajstić information content (AvgIpc) is 2.41. The zero-order valence-electron chi connectivity index (χ0n) is 10.6. The van der Waals surface area contributed by atoms with Gasteiger partial charge in [0.15, 0.2) is 0 Å². The average molecular weight is 275 g/mol. The summed E-state index contributed by atoms with van der Waals surface area (Å²) in [4.78, 5) is 0. The standard InChI is InChI=1S/C15H11F2NO2/c1-9(19)13-6-11(16)3-5-15(13)20-12-4-2-10(8-18)14(17)7-12/h2-7,9,19H,1H3. The van der Waals surface area contributed by atoms with Crippen LogP contribution in [0, 0.1) is 23.0 Å². The summed E-state index contributed by atoms with van der Waals surface area (Å²) >= 11 is 0. The van der Waals surface area contributed by atoms with E-state index >= 15 is 0 Å². The molecule has 0 bridgehead atoms. The Kier molecular flexibility index (Phi) is 3.97. The van der Waals surface area contributed by atoms with Crippen molar-refractivity contribution in [2.75, 3.05) is 0 Å². The van der Waals surface area contributed by atoms with Crippen LogP contribution >= 0.6 is 0 Å². The molecule has 20 heavy (non-hydrogen) atoms. The molecule has 2 aromatic carbocycles. The Labute approximate surface area is 114 Å². The Hall–Kier alpha value is -2.45. The van der Waals surface area contributed by atoms with Crippen LogP contribution < -0.4 is 4.74 Å². The van der Waals surface area contributed by atoms with Crippen molar-refractivity contribution in [1.82, 2.24) is 0 Å². The highest BCUT2D eigenvalue weighted by atomic mass is 19.1. The highest BCUT2D eigenvalue weighted by Crippen LogP contribution is 2.30. The van der Waals surface area contributed by atoms with Gasteiger partial charge >= 0.3 is 0 Å². The van der Waals surface area contributed by atoms with Crippen LogP contribution in [0.5, 0.6) is 11.5 Å². The van der Waals surface area contributed by atoms with E-state index in [2.05, 4.69) is 0 Å².